The summed E-state index contributed by atoms with van der Waals surface area (Å²) in [7, 11) is 0. The Balaban J connectivity index is 0.00000225. The minimum Gasteiger partial charge on any atom is -0.343 e. The maximum absolute atomic E-state index is 13.0. The number of rotatable bonds is 5. The molecule has 152 valence electrons. The van der Waals surface area contributed by atoms with E-state index in [0.717, 1.165) is 49.5 Å². The van der Waals surface area contributed by atoms with Crippen LogP contribution in [0.15, 0.2) is 30.5 Å². The average molecular weight is 404 g/mol. The molecule has 2 aliphatic heterocycles. The quantitative estimate of drug-likeness (QED) is 0.820. The van der Waals surface area contributed by atoms with Crippen molar-refractivity contribution in [3.63, 3.8) is 0 Å². The van der Waals surface area contributed by atoms with Crippen molar-refractivity contribution >= 4 is 30.3 Å². The predicted molar refractivity (Wildman–Crippen MR) is 113 cm³/mol. The van der Waals surface area contributed by atoms with Crippen molar-refractivity contribution in [3.05, 3.63) is 41.6 Å². The fraction of sp³-hybridized carbons (Fsp3) is 0.545. The van der Waals surface area contributed by atoms with Crippen LogP contribution in [-0.4, -0.2) is 47.3 Å². The lowest BCUT2D eigenvalue weighted by molar-refractivity contribution is -0.135. The van der Waals surface area contributed by atoms with Crippen LogP contribution in [0.2, 0.25) is 0 Å². The number of halogens is 1. The summed E-state index contributed by atoms with van der Waals surface area (Å²) >= 11 is 0. The topological polar surface area (TPSA) is 52.7 Å². The monoisotopic (exact) mass is 403 g/mol. The molecule has 0 bridgehead atoms. The predicted octanol–water partition coefficient (Wildman–Crippen LogP) is 3.36. The highest BCUT2D eigenvalue weighted by molar-refractivity contribution is 5.85. The van der Waals surface area contributed by atoms with Crippen molar-refractivity contribution < 1.29 is 9.59 Å². The van der Waals surface area contributed by atoms with Gasteiger partial charge in [-0.2, -0.15) is 0 Å². The first kappa shape index (κ1) is 20.9. The van der Waals surface area contributed by atoms with Crippen LogP contribution in [0.5, 0.6) is 0 Å². The molecule has 0 aromatic heterocycles. The van der Waals surface area contributed by atoms with E-state index in [1.54, 1.807) is 11.8 Å². The molecule has 1 saturated heterocycles. The molecule has 1 N–H and O–H groups in total. The summed E-state index contributed by atoms with van der Waals surface area (Å²) in [5, 5.41) is 3.66. The third-order valence-corrected chi connectivity index (χ3v) is 6.08. The largest absolute Gasteiger partial charge is 0.343 e. The van der Waals surface area contributed by atoms with Gasteiger partial charge in [0.2, 0.25) is 11.8 Å². The van der Waals surface area contributed by atoms with Crippen molar-refractivity contribution in [2.45, 2.75) is 51.1 Å². The molecule has 1 atom stereocenters. The molecule has 1 aliphatic carbocycles. The van der Waals surface area contributed by atoms with Crippen molar-refractivity contribution in [2.75, 3.05) is 19.6 Å². The van der Waals surface area contributed by atoms with Gasteiger partial charge in [-0.05, 0) is 55.3 Å². The lowest BCUT2D eigenvalue weighted by Gasteiger charge is -2.36. The Bertz CT molecular complexity index is 739. The molecule has 28 heavy (non-hydrogen) atoms. The zero-order chi connectivity index (χ0) is 18.8. The average Bonchev–Trinajstić information content (AvgIpc) is 3.51. The molecule has 6 heteroatoms. The van der Waals surface area contributed by atoms with E-state index in [2.05, 4.69) is 5.32 Å². The molecular formula is C22H30ClN3O2. The molecule has 2 heterocycles. The van der Waals surface area contributed by atoms with Gasteiger partial charge in [0.1, 0.15) is 0 Å². The number of hydrogen-bond donors (Lipinski definition) is 1. The summed E-state index contributed by atoms with van der Waals surface area (Å²) in [6.07, 6.45) is 8.90. The Morgan fingerprint density at radius 3 is 2.50 bits per heavy atom. The molecule has 0 radical (unpaired) electrons. The molecular weight excluding hydrogens is 374 g/mol. The number of likely N-dealkylation sites (tertiary alicyclic amines) is 1. The second kappa shape index (κ2) is 9.10. The lowest BCUT2D eigenvalue weighted by atomic mass is 9.93. The molecule has 4 rings (SSSR count). The van der Waals surface area contributed by atoms with Crippen LogP contribution in [0.1, 0.15) is 56.2 Å². The first-order valence-electron chi connectivity index (χ1n) is 10.2. The fourth-order valence-electron chi connectivity index (χ4n) is 4.20. The first-order valence-corrected chi connectivity index (χ1v) is 10.2. The number of nitrogens with one attached hydrogen (secondary N) is 1. The van der Waals surface area contributed by atoms with Gasteiger partial charge in [0.05, 0.1) is 12.5 Å². The Morgan fingerprint density at radius 1 is 1.11 bits per heavy atom. The Kier molecular flexibility index (Phi) is 6.78. The number of carbonyl (C=O) groups excluding carboxylic acids is 2. The van der Waals surface area contributed by atoms with Gasteiger partial charge in [0.15, 0.2) is 0 Å². The van der Waals surface area contributed by atoms with Crippen LogP contribution in [0.25, 0.3) is 6.08 Å². The van der Waals surface area contributed by atoms with E-state index in [0.29, 0.717) is 12.5 Å². The minimum atomic E-state index is -0.207. The lowest BCUT2D eigenvalue weighted by Crippen LogP contribution is -2.46. The first-order chi connectivity index (χ1) is 13.1. The summed E-state index contributed by atoms with van der Waals surface area (Å²) < 4.78 is 0. The standard InChI is InChI=1S/C22H29N3O2.ClH/c1-16(26)25-13-8-18-4-2-3-5-20(18)21(25)14-22(27)24-11-9-19(10-12-24)23-15-17-6-7-17;/h2-5,8,13,17,19,21,23H,6-7,9-12,14-15H2,1H3;1H. The molecule has 2 fully saturated rings. The Hall–Kier alpha value is -1.85. The highest BCUT2D eigenvalue weighted by atomic mass is 35.5. The molecule has 2 amide bonds. The van der Waals surface area contributed by atoms with Gasteiger partial charge < -0.3 is 15.1 Å². The smallest absolute Gasteiger partial charge is 0.225 e. The number of benzene rings is 1. The van der Waals surface area contributed by atoms with E-state index in [1.165, 1.54) is 12.8 Å². The molecule has 1 saturated carbocycles. The third-order valence-electron chi connectivity index (χ3n) is 6.08. The zero-order valence-corrected chi connectivity index (χ0v) is 17.3. The SMILES string of the molecule is CC(=O)N1C=Cc2ccccc2C1CC(=O)N1CCC(NCC2CC2)CC1.Cl. The van der Waals surface area contributed by atoms with E-state index < -0.39 is 0 Å². The third kappa shape index (κ3) is 4.76. The van der Waals surface area contributed by atoms with Crippen molar-refractivity contribution in [1.82, 2.24) is 15.1 Å². The van der Waals surface area contributed by atoms with Gasteiger partial charge in [0.25, 0.3) is 0 Å². The van der Waals surface area contributed by atoms with E-state index in [-0.39, 0.29) is 30.3 Å². The Morgan fingerprint density at radius 2 is 1.82 bits per heavy atom. The summed E-state index contributed by atoms with van der Waals surface area (Å²) in [5.41, 5.74) is 2.15. The van der Waals surface area contributed by atoms with Crippen LogP contribution in [0, 0.1) is 5.92 Å². The van der Waals surface area contributed by atoms with Crippen LogP contribution < -0.4 is 5.32 Å². The van der Waals surface area contributed by atoms with Crippen LogP contribution in [0.4, 0.5) is 0 Å². The van der Waals surface area contributed by atoms with Crippen molar-refractivity contribution in [3.8, 4) is 0 Å². The summed E-state index contributed by atoms with van der Waals surface area (Å²) in [6.45, 7) is 4.32. The molecule has 0 spiro atoms. The minimum absolute atomic E-state index is 0. The Labute approximate surface area is 173 Å². The van der Waals surface area contributed by atoms with Gasteiger partial charge in [-0.1, -0.05) is 24.3 Å². The number of nitrogens with zero attached hydrogens (tertiary/aromatic N) is 2. The van der Waals surface area contributed by atoms with Crippen LogP contribution in [0.3, 0.4) is 0 Å². The van der Waals surface area contributed by atoms with Gasteiger partial charge in [-0.15, -0.1) is 12.4 Å². The van der Waals surface area contributed by atoms with E-state index in [1.807, 2.05) is 41.4 Å². The maximum atomic E-state index is 13.0. The van der Waals surface area contributed by atoms with Crippen molar-refractivity contribution in [2.24, 2.45) is 5.92 Å². The van der Waals surface area contributed by atoms with Gasteiger partial charge in [0, 0.05) is 32.3 Å². The zero-order valence-electron chi connectivity index (χ0n) is 16.5. The second-order valence-corrected chi connectivity index (χ2v) is 8.10. The van der Waals surface area contributed by atoms with E-state index in [4.69, 9.17) is 0 Å². The summed E-state index contributed by atoms with van der Waals surface area (Å²) in [5.74, 6) is 1.01. The van der Waals surface area contributed by atoms with Gasteiger partial charge >= 0.3 is 0 Å². The number of piperidine rings is 1. The summed E-state index contributed by atoms with van der Waals surface area (Å²) in [4.78, 5) is 28.7. The highest BCUT2D eigenvalue weighted by Gasteiger charge is 2.31. The van der Waals surface area contributed by atoms with Crippen LogP contribution >= 0.6 is 12.4 Å². The van der Waals surface area contributed by atoms with Gasteiger partial charge in [-0.25, -0.2) is 0 Å². The molecule has 1 unspecified atom stereocenters. The second-order valence-electron chi connectivity index (χ2n) is 8.10. The molecule has 3 aliphatic rings. The van der Waals surface area contributed by atoms with Gasteiger partial charge in [-0.3, -0.25) is 9.59 Å². The molecule has 5 nitrogen and oxygen atoms in total. The highest BCUT2D eigenvalue weighted by Crippen LogP contribution is 2.33. The van der Waals surface area contributed by atoms with Crippen LogP contribution in [-0.2, 0) is 9.59 Å². The number of fused-ring (bicyclic) bond motifs is 1. The number of carbonyl (C=O) groups is 2. The normalized spacial score (nSPS) is 21.8. The number of hydrogen-bond acceptors (Lipinski definition) is 3. The molecule has 1 aromatic carbocycles. The van der Waals surface area contributed by atoms with E-state index >= 15 is 0 Å². The summed E-state index contributed by atoms with van der Waals surface area (Å²) in [6, 6.07) is 8.37. The fourth-order valence-corrected chi connectivity index (χ4v) is 4.20. The van der Waals surface area contributed by atoms with Crippen molar-refractivity contribution in [1.29, 1.82) is 0 Å². The maximum Gasteiger partial charge on any atom is 0.225 e. The molecule has 1 aromatic rings. The van der Waals surface area contributed by atoms with E-state index in [9.17, 15) is 9.59 Å². The number of amides is 2.